The van der Waals surface area contributed by atoms with Crippen LogP contribution in [0.2, 0.25) is 0 Å². The molecule has 1 aromatic rings. The van der Waals surface area contributed by atoms with Gasteiger partial charge in [0.05, 0.1) is 11.0 Å². The van der Waals surface area contributed by atoms with Crippen LogP contribution < -0.4 is 5.32 Å². The number of benzene rings is 1. The van der Waals surface area contributed by atoms with Gasteiger partial charge >= 0.3 is 0 Å². The van der Waals surface area contributed by atoms with Crippen LogP contribution in [-0.2, 0) is 0 Å². The number of carbonyl (C=O) groups excluding carboxylic acids is 1. The molecule has 0 heterocycles. The summed E-state index contributed by atoms with van der Waals surface area (Å²) in [4.78, 5) is 22.3. The molecule has 0 bridgehead atoms. The maximum Gasteiger partial charge on any atom is 0.270 e. The van der Waals surface area contributed by atoms with Gasteiger partial charge in [0.2, 0.25) is 0 Å². The minimum absolute atomic E-state index is 0.0774. The molecule has 6 nitrogen and oxygen atoms in total. The number of hydrogen-bond donors (Lipinski definition) is 2. The monoisotopic (exact) mass is 278 g/mol. The minimum Gasteiger partial charge on any atom is -0.393 e. The first-order valence-electron chi connectivity index (χ1n) is 6.68. The number of nitrogens with one attached hydrogen (secondary N) is 1. The molecule has 1 amide bonds. The molecule has 0 spiro atoms. The van der Waals surface area contributed by atoms with Crippen molar-refractivity contribution in [2.75, 3.05) is 6.54 Å². The molecule has 1 saturated carbocycles. The summed E-state index contributed by atoms with van der Waals surface area (Å²) in [6.07, 6.45) is 2.11. The van der Waals surface area contributed by atoms with Gasteiger partial charge in [0.15, 0.2) is 0 Å². The lowest BCUT2D eigenvalue weighted by molar-refractivity contribution is -0.384. The van der Waals surface area contributed by atoms with Crippen molar-refractivity contribution >= 4 is 11.6 Å². The fraction of sp³-hybridized carbons (Fsp3) is 0.500. The average Bonchev–Trinajstić information content (AvgIpc) is 2.81. The summed E-state index contributed by atoms with van der Waals surface area (Å²) in [5.74, 6) is -0.0214. The Morgan fingerprint density at radius 2 is 2.20 bits per heavy atom. The number of nitrogens with zero attached hydrogens (tertiary/aromatic N) is 1. The molecule has 2 atom stereocenters. The van der Waals surface area contributed by atoms with Crippen LogP contribution in [0.4, 0.5) is 5.69 Å². The Hall–Kier alpha value is -1.95. The number of hydrogen-bond acceptors (Lipinski definition) is 4. The lowest BCUT2D eigenvalue weighted by atomic mass is 10.1. The topological polar surface area (TPSA) is 92.5 Å². The van der Waals surface area contributed by atoms with Gasteiger partial charge < -0.3 is 10.4 Å². The third-order valence-electron chi connectivity index (χ3n) is 3.60. The van der Waals surface area contributed by atoms with Crippen LogP contribution >= 0.6 is 0 Å². The highest BCUT2D eigenvalue weighted by Crippen LogP contribution is 2.24. The third kappa shape index (κ3) is 3.54. The van der Waals surface area contributed by atoms with Crippen LogP contribution in [0.3, 0.4) is 0 Å². The number of rotatable bonds is 4. The van der Waals surface area contributed by atoms with E-state index in [4.69, 9.17) is 0 Å². The largest absolute Gasteiger partial charge is 0.393 e. The predicted octanol–water partition coefficient (Wildman–Crippen LogP) is 1.79. The van der Waals surface area contributed by atoms with Crippen LogP contribution in [0.15, 0.2) is 18.2 Å². The van der Waals surface area contributed by atoms with E-state index in [0.717, 1.165) is 12.8 Å². The normalized spacial score (nSPS) is 21.7. The van der Waals surface area contributed by atoms with E-state index in [1.165, 1.54) is 12.1 Å². The summed E-state index contributed by atoms with van der Waals surface area (Å²) in [5, 5.41) is 23.0. The highest BCUT2D eigenvalue weighted by Gasteiger charge is 2.23. The predicted molar refractivity (Wildman–Crippen MR) is 73.5 cm³/mol. The van der Waals surface area contributed by atoms with Gasteiger partial charge in [0.25, 0.3) is 11.6 Å². The van der Waals surface area contributed by atoms with Gasteiger partial charge in [-0.05, 0) is 43.7 Å². The number of aliphatic hydroxyl groups is 1. The van der Waals surface area contributed by atoms with Crippen molar-refractivity contribution in [1.29, 1.82) is 0 Å². The van der Waals surface area contributed by atoms with Gasteiger partial charge in [0, 0.05) is 24.2 Å². The summed E-state index contributed by atoms with van der Waals surface area (Å²) < 4.78 is 0. The number of non-ortho nitro benzene ring substituents is 1. The molecule has 2 rings (SSSR count). The number of aliphatic hydroxyl groups excluding tert-OH is 1. The molecule has 0 saturated heterocycles. The van der Waals surface area contributed by atoms with Crippen molar-refractivity contribution in [1.82, 2.24) is 5.32 Å². The van der Waals surface area contributed by atoms with Crippen LogP contribution in [0, 0.1) is 23.0 Å². The van der Waals surface area contributed by atoms with Crippen molar-refractivity contribution in [3.63, 3.8) is 0 Å². The van der Waals surface area contributed by atoms with E-state index in [9.17, 15) is 20.0 Å². The third-order valence-corrected chi connectivity index (χ3v) is 3.60. The van der Waals surface area contributed by atoms with Gasteiger partial charge in [0.1, 0.15) is 0 Å². The van der Waals surface area contributed by atoms with Crippen LogP contribution in [0.1, 0.15) is 35.2 Å². The standard InChI is InChI=1S/C14H18N2O4/c1-9-4-11(7-12(5-9)16(19)20)14(18)15-8-10-2-3-13(17)6-10/h4-5,7,10,13,17H,2-3,6,8H2,1H3,(H,15,18). The molecule has 6 heteroatoms. The van der Waals surface area contributed by atoms with Crippen molar-refractivity contribution in [3.05, 3.63) is 39.4 Å². The second kappa shape index (κ2) is 6.00. The first-order chi connectivity index (χ1) is 9.45. The second-order valence-corrected chi connectivity index (χ2v) is 5.36. The van der Waals surface area contributed by atoms with Crippen LogP contribution in [0.5, 0.6) is 0 Å². The zero-order chi connectivity index (χ0) is 14.7. The smallest absolute Gasteiger partial charge is 0.270 e. The van der Waals surface area contributed by atoms with E-state index in [0.29, 0.717) is 24.1 Å². The highest BCUT2D eigenvalue weighted by molar-refractivity contribution is 5.95. The molecule has 1 aliphatic rings. The van der Waals surface area contributed by atoms with Gasteiger partial charge in [-0.3, -0.25) is 14.9 Å². The summed E-state index contributed by atoms with van der Waals surface area (Å²) >= 11 is 0. The number of nitro groups is 1. The minimum atomic E-state index is -0.503. The summed E-state index contributed by atoms with van der Waals surface area (Å²) in [6, 6.07) is 4.35. The molecule has 20 heavy (non-hydrogen) atoms. The lowest BCUT2D eigenvalue weighted by Gasteiger charge is -2.11. The van der Waals surface area contributed by atoms with Crippen molar-refractivity contribution in [3.8, 4) is 0 Å². The number of nitro benzene ring substituents is 1. The van der Waals surface area contributed by atoms with Crippen LogP contribution in [0.25, 0.3) is 0 Å². The molecular formula is C14H18N2O4. The quantitative estimate of drug-likeness (QED) is 0.648. The van der Waals surface area contributed by atoms with Crippen molar-refractivity contribution in [2.45, 2.75) is 32.3 Å². The number of carbonyl (C=O) groups is 1. The molecule has 2 N–H and O–H groups in total. The molecule has 108 valence electrons. The Kier molecular flexibility index (Phi) is 4.34. The molecule has 0 aliphatic heterocycles. The van der Waals surface area contributed by atoms with E-state index in [1.54, 1.807) is 13.0 Å². The SMILES string of the molecule is Cc1cc(C(=O)NCC2CCC(O)C2)cc([N+](=O)[O-])c1. The molecular weight excluding hydrogens is 260 g/mol. The first kappa shape index (κ1) is 14.5. The Bertz CT molecular complexity index is 530. The molecule has 2 unspecified atom stereocenters. The zero-order valence-corrected chi connectivity index (χ0v) is 11.3. The fourth-order valence-corrected chi connectivity index (χ4v) is 2.57. The number of amides is 1. The average molecular weight is 278 g/mol. The molecule has 1 aliphatic carbocycles. The van der Waals surface area contributed by atoms with Gasteiger partial charge in [-0.1, -0.05) is 0 Å². The van der Waals surface area contributed by atoms with E-state index in [2.05, 4.69) is 5.32 Å². The van der Waals surface area contributed by atoms with Gasteiger partial charge in [-0.15, -0.1) is 0 Å². The molecule has 1 aromatic carbocycles. The second-order valence-electron chi connectivity index (χ2n) is 5.36. The lowest BCUT2D eigenvalue weighted by Crippen LogP contribution is -2.28. The summed E-state index contributed by atoms with van der Waals surface area (Å²) in [6.45, 7) is 2.22. The Morgan fingerprint density at radius 1 is 1.45 bits per heavy atom. The Balaban J connectivity index is 2.00. The number of aryl methyl sites for hydroxylation is 1. The Labute approximate surface area is 117 Å². The van der Waals surface area contributed by atoms with E-state index in [-0.39, 0.29) is 23.6 Å². The van der Waals surface area contributed by atoms with Gasteiger partial charge in [-0.25, -0.2) is 0 Å². The van der Waals surface area contributed by atoms with Gasteiger partial charge in [-0.2, -0.15) is 0 Å². The highest BCUT2D eigenvalue weighted by atomic mass is 16.6. The Morgan fingerprint density at radius 3 is 2.80 bits per heavy atom. The maximum atomic E-state index is 12.0. The van der Waals surface area contributed by atoms with E-state index < -0.39 is 4.92 Å². The van der Waals surface area contributed by atoms with Crippen molar-refractivity contribution < 1.29 is 14.8 Å². The summed E-state index contributed by atoms with van der Waals surface area (Å²) in [7, 11) is 0. The van der Waals surface area contributed by atoms with Crippen LogP contribution in [-0.4, -0.2) is 28.6 Å². The molecule has 1 fully saturated rings. The zero-order valence-electron chi connectivity index (χ0n) is 11.3. The fourth-order valence-electron chi connectivity index (χ4n) is 2.57. The van der Waals surface area contributed by atoms with E-state index >= 15 is 0 Å². The van der Waals surface area contributed by atoms with E-state index in [1.807, 2.05) is 0 Å². The first-order valence-corrected chi connectivity index (χ1v) is 6.68. The maximum absolute atomic E-state index is 12.0. The van der Waals surface area contributed by atoms with Crippen molar-refractivity contribution in [2.24, 2.45) is 5.92 Å². The molecule has 0 radical (unpaired) electrons. The molecule has 0 aromatic heterocycles. The summed E-state index contributed by atoms with van der Waals surface area (Å²) in [5.41, 5.74) is 0.905.